The fourth-order valence-corrected chi connectivity index (χ4v) is 2.43. The lowest BCUT2D eigenvalue weighted by atomic mass is 10.1. The summed E-state index contributed by atoms with van der Waals surface area (Å²) in [6.07, 6.45) is -3.56. The summed E-state index contributed by atoms with van der Waals surface area (Å²) in [6.45, 7) is 2.04. The number of halogens is 5. The molecule has 2 aromatic carbocycles. The smallest absolute Gasteiger partial charge is 0.369 e. The van der Waals surface area contributed by atoms with E-state index in [-0.39, 0.29) is 24.1 Å². The van der Waals surface area contributed by atoms with Crippen LogP contribution >= 0.6 is 28.3 Å². The molecule has 2 aromatic rings. The molecule has 0 aliphatic rings. The maximum atomic E-state index is 12.8. The number of alkyl halides is 3. The molecule has 0 saturated carbocycles. The first-order valence-electron chi connectivity index (χ1n) is 7.26. The van der Waals surface area contributed by atoms with Gasteiger partial charge in [0.2, 0.25) is 5.96 Å². The van der Waals surface area contributed by atoms with E-state index in [1.54, 1.807) is 11.9 Å². The summed E-state index contributed by atoms with van der Waals surface area (Å²) in [7, 11) is 1.72. The zero-order valence-corrected chi connectivity index (χ0v) is 16.0. The third kappa shape index (κ3) is 5.37. The Morgan fingerprint density at radius 1 is 1.20 bits per heavy atom. The van der Waals surface area contributed by atoms with Crippen molar-refractivity contribution in [1.29, 1.82) is 0 Å². The lowest BCUT2D eigenvalue weighted by Gasteiger charge is -2.19. The first kappa shape index (κ1) is 21.3. The first-order chi connectivity index (χ1) is 11.2. The van der Waals surface area contributed by atoms with Gasteiger partial charge in [-0.3, -0.25) is 0 Å². The largest absolute Gasteiger partial charge is 0.416 e. The van der Waals surface area contributed by atoms with Gasteiger partial charge in [0, 0.05) is 17.2 Å². The number of nitrogens with zero attached hydrogens (tertiary/aromatic N) is 2. The third-order valence-corrected chi connectivity index (χ3v) is 4.23. The van der Waals surface area contributed by atoms with E-state index in [0.29, 0.717) is 4.47 Å². The van der Waals surface area contributed by atoms with Crippen molar-refractivity contribution in [3.05, 3.63) is 58.1 Å². The molecular weight excluding hydrogens is 419 g/mol. The molecule has 0 aliphatic heterocycles. The van der Waals surface area contributed by atoms with Gasteiger partial charge < -0.3 is 10.6 Å². The molecule has 2 rings (SSSR count). The lowest BCUT2D eigenvalue weighted by Crippen LogP contribution is -2.33. The van der Waals surface area contributed by atoms with Crippen LogP contribution in [0.4, 0.5) is 24.5 Å². The van der Waals surface area contributed by atoms with Gasteiger partial charge in [0.1, 0.15) is 0 Å². The van der Waals surface area contributed by atoms with Gasteiger partial charge in [-0.25, -0.2) is 4.99 Å². The van der Waals surface area contributed by atoms with Crippen molar-refractivity contribution in [3.63, 3.8) is 0 Å². The van der Waals surface area contributed by atoms with Crippen molar-refractivity contribution in [3.8, 4) is 0 Å². The number of aryl methyl sites for hydroxylation is 1. The van der Waals surface area contributed by atoms with Crippen LogP contribution in [0.3, 0.4) is 0 Å². The van der Waals surface area contributed by atoms with Crippen molar-refractivity contribution in [1.82, 2.24) is 0 Å². The molecule has 0 bridgehead atoms. The minimum absolute atomic E-state index is 0. The van der Waals surface area contributed by atoms with Crippen LogP contribution < -0.4 is 10.6 Å². The summed E-state index contributed by atoms with van der Waals surface area (Å²) in [5.74, 6) is 0.100. The highest BCUT2D eigenvalue weighted by atomic mass is 79.9. The van der Waals surface area contributed by atoms with Crippen LogP contribution in [0.25, 0.3) is 0 Å². The van der Waals surface area contributed by atoms with Crippen LogP contribution in [0, 0.1) is 0 Å². The first-order valence-corrected chi connectivity index (χ1v) is 8.05. The fourth-order valence-electron chi connectivity index (χ4n) is 2.09. The van der Waals surface area contributed by atoms with Gasteiger partial charge in [-0.15, -0.1) is 12.4 Å². The Bertz CT molecular complexity index is 763. The molecule has 2 N–H and O–H groups in total. The number of anilines is 1. The minimum atomic E-state index is -4.43. The van der Waals surface area contributed by atoms with Crippen molar-refractivity contribution >= 4 is 45.7 Å². The molecule has 8 heteroatoms. The standard InChI is InChI=1S/C17H17BrF3N3.ClH/c1-3-11-5-4-6-13(9-11)24(2)16(22)23-15-10-12(17(19,20)21)7-8-14(15)18;/h4-10H,3H2,1-2H3,(H2,22,23);1H. The Hall–Kier alpha value is -1.73. The number of rotatable bonds is 3. The molecule has 25 heavy (non-hydrogen) atoms. The summed E-state index contributed by atoms with van der Waals surface area (Å²) in [5.41, 5.74) is 7.28. The quantitative estimate of drug-likeness (QED) is 0.507. The molecular formula is C17H18BrClF3N3. The van der Waals surface area contributed by atoms with Crippen LogP contribution in [0.1, 0.15) is 18.1 Å². The number of nitrogens with two attached hydrogens (primary N) is 1. The van der Waals surface area contributed by atoms with E-state index >= 15 is 0 Å². The van der Waals surface area contributed by atoms with Crippen LogP contribution in [-0.4, -0.2) is 13.0 Å². The molecule has 0 radical (unpaired) electrons. The van der Waals surface area contributed by atoms with Gasteiger partial charge >= 0.3 is 6.18 Å². The molecule has 0 aromatic heterocycles. The van der Waals surface area contributed by atoms with E-state index < -0.39 is 11.7 Å². The van der Waals surface area contributed by atoms with E-state index in [1.807, 2.05) is 31.2 Å². The summed E-state index contributed by atoms with van der Waals surface area (Å²) in [4.78, 5) is 5.77. The average Bonchev–Trinajstić information content (AvgIpc) is 2.55. The van der Waals surface area contributed by atoms with Gasteiger partial charge in [0.15, 0.2) is 0 Å². The van der Waals surface area contributed by atoms with Crippen LogP contribution in [0.2, 0.25) is 0 Å². The summed E-state index contributed by atoms with van der Waals surface area (Å²) >= 11 is 3.21. The van der Waals surface area contributed by atoms with Gasteiger partial charge in [0.05, 0.1) is 11.3 Å². The van der Waals surface area contributed by atoms with Gasteiger partial charge in [-0.1, -0.05) is 19.1 Å². The monoisotopic (exact) mass is 435 g/mol. The molecule has 0 saturated heterocycles. The number of benzene rings is 2. The summed E-state index contributed by atoms with van der Waals surface area (Å²) < 4.78 is 39.0. The number of aliphatic imine (C=N–C) groups is 1. The molecule has 0 amide bonds. The molecule has 0 aliphatic carbocycles. The predicted molar refractivity (Wildman–Crippen MR) is 102 cm³/mol. The second kappa shape index (κ2) is 8.58. The molecule has 0 heterocycles. The highest BCUT2D eigenvalue weighted by Crippen LogP contribution is 2.35. The SMILES string of the molecule is CCc1cccc(N(C)C(N)=Nc2cc(C(F)(F)F)ccc2Br)c1.Cl. The van der Waals surface area contributed by atoms with Crippen molar-refractivity contribution in [2.24, 2.45) is 10.7 Å². The van der Waals surface area contributed by atoms with Gasteiger partial charge in [-0.2, -0.15) is 13.2 Å². The lowest BCUT2D eigenvalue weighted by molar-refractivity contribution is -0.137. The van der Waals surface area contributed by atoms with E-state index in [4.69, 9.17) is 5.73 Å². The predicted octanol–water partition coefficient (Wildman–Crippen LogP) is 5.53. The average molecular weight is 437 g/mol. The fraction of sp³-hybridized carbons (Fsp3) is 0.235. The molecule has 0 spiro atoms. The Morgan fingerprint density at radius 2 is 1.88 bits per heavy atom. The zero-order chi connectivity index (χ0) is 17.9. The Balaban J connectivity index is 0.00000312. The molecule has 0 fully saturated rings. The summed E-state index contributed by atoms with van der Waals surface area (Å²) in [5, 5.41) is 0. The van der Waals surface area contributed by atoms with Crippen molar-refractivity contribution in [2.45, 2.75) is 19.5 Å². The minimum Gasteiger partial charge on any atom is -0.369 e. The molecule has 136 valence electrons. The van der Waals surface area contributed by atoms with Crippen LogP contribution in [0.15, 0.2) is 51.9 Å². The highest BCUT2D eigenvalue weighted by molar-refractivity contribution is 9.10. The van der Waals surface area contributed by atoms with E-state index in [0.717, 1.165) is 29.8 Å². The van der Waals surface area contributed by atoms with E-state index in [2.05, 4.69) is 20.9 Å². The van der Waals surface area contributed by atoms with Gasteiger partial charge in [-0.05, 0) is 58.2 Å². The van der Waals surface area contributed by atoms with E-state index in [9.17, 15) is 13.2 Å². The third-order valence-electron chi connectivity index (χ3n) is 3.56. The molecule has 3 nitrogen and oxygen atoms in total. The highest BCUT2D eigenvalue weighted by Gasteiger charge is 2.31. The Labute approximate surface area is 159 Å². The summed E-state index contributed by atoms with van der Waals surface area (Å²) in [6, 6.07) is 11.0. The van der Waals surface area contributed by atoms with Crippen molar-refractivity contribution < 1.29 is 13.2 Å². The second-order valence-corrected chi connectivity index (χ2v) is 6.07. The van der Waals surface area contributed by atoms with Crippen molar-refractivity contribution in [2.75, 3.05) is 11.9 Å². The Morgan fingerprint density at radius 3 is 2.48 bits per heavy atom. The topological polar surface area (TPSA) is 41.6 Å². The van der Waals surface area contributed by atoms with Crippen LogP contribution in [0.5, 0.6) is 0 Å². The van der Waals surface area contributed by atoms with E-state index in [1.165, 1.54) is 6.07 Å². The molecule has 0 unspecified atom stereocenters. The van der Waals surface area contributed by atoms with Gasteiger partial charge in [0.25, 0.3) is 0 Å². The number of hydrogen-bond acceptors (Lipinski definition) is 1. The maximum absolute atomic E-state index is 12.8. The Kier molecular flexibility index (Phi) is 7.31. The maximum Gasteiger partial charge on any atom is 0.416 e. The number of hydrogen-bond donors (Lipinski definition) is 1. The van der Waals surface area contributed by atoms with Crippen LogP contribution in [-0.2, 0) is 12.6 Å². The second-order valence-electron chi connectivity index (χ2n) is 5.22. The normalized spacial score (nSPS) is 11.8. The zero-order valence-electron chi connectivity index (χ0n) is 13.6. The molecule has 0 atom stereocenters. The number of guanidine groups is 1.